The molecule has 1 fully saturated rings. The Morgan fingerprint density at radius 1 is 1.26 bits per heavy atom. The summed E-state index contributed by atoms with van der Waals surface area (Å²) in [6.45, 7) is 0.567. The van der Waals surface area contributed by atoms with Crippen LogP contribution in [0.15, 0.2) is 39.5 Å². The first-order chi connectivity index (χ1) is 14.3. The van der Waals surface area contributed by atoms with Crippen LogP contribution in [0.1, 0.15) is 23.5 Å². The molecule has 3 N–H and O–H groups in total. The quantitative estimate of drug-likeness (QED) is 0.543. The number of rotatable bonds is 3. The number of likely N-dealkylation sites (tertiary alicyclic amines) is 1. The van der Waals surface area contributed by atoms with Gasteiger partial charge in [0.05, 0.1) is 23.3 Å². The van der Waals surface area contributed by atoms with E-state index in [9.17, 15) is 20.1 Å². The van der Waals surface area contributed by atoms with E-state index in [2.05, 4.69) is 0 Å². The van der Waals surface area contributed by atoms with Gasteiger partial charge in [0.2, 0.25) is 0 Å². The largest absolute Gasteiger partial charge is 0.507 e. The van der Waals surface area contributed by atoms with Crippen molar-refractivity contribution in [1.82, 2.24) is 4.90 Å². The summed E-state index contributed by atoms with van der Waals surface area (Å²) in [4.78, 5) is 14.8. The van der Waals surface area contributed by atoms with E-state index in [1.807, 2.05) is 18.0 Å². The molecule has 2 heterocycles. The molecule has 9 heteroatoms. The van der Waals surface area contributed by atoms with E-state index in [0.717, 1.165) is 6.07 Å². The predicted molar refractivity (Wildman–Crippen MR) is 119 cm³/mol. The van der Waals surface area contributed by atoms with Crippen LogP contribution in [-0.4, -0.2) is 46.5 Å². The van der Waals surface area contributed by atoms with Gasteiger partial charge in [-0.2, -0.15) is 5.26 Å². The summed E-state index contributed by atoms with van der Waals surface area (Å²) >= 11 is 6.29. The maximum Gasteiger partial charge on any atom is 0.197 e. The Bertz CT molecular complexity index is 1250. The van der Waals surface area contributed by atoms with Crippen LogP contribution in [0, 0.1) is 11.3 Å². The van der Waals surface area contributed by atoms with Crippen molar-refractivity contribution < 1.29 is 19.7 Å². The van der Waals surface area contributed by atoms with Crippen LogP contribution >= 0.6 is 24.0 Å². The summed E-state index contributed by atoms with van der Waals surface area (Å²) in [5, 5.41) is 40.0. The zero-order valence-electron chi connectivity index (χ0n) is 16.5. The van der Waals surface area contributed by atoms with Crippen molar-refractivity contribution in [2.75, 3.05) is 20.2 Å². The third-order valence-electron chi connectivity index (χ3n) is 5.74. The van der Waals surface area contributed by atoms with E-state index in [1.54, 1.807) is 12.1 Å². The van der Waals surface area contributed by atoms with Crippen LogP contribution in [0.2, 0.25) is 5.02 Å². The zero-order chi connectivity index (χ0) is 21.6. The fourth-order valence-corrected chi connectivity index (χ4v) is 4.48. The van der Waals surface area contributed by atoms with Crippen LogP contribution in [0.25, 0.3) is 22.3 Å². The molecule has 0 bridgehead atoms. The number of halogens is 2. The second-order valence-electron chi connectivity index (χ2n) is 7.44. The minimum Gasteiger partial charge on any atom is -0.507 e. The molecule has 0 amide bonds. The number of nitrogens with zero attached hydrogens (tertiary/aromatic N) is 2. The van der Waals surface area contributed by atoms with E-state index < -0.39 is 5.43 Å². The predicted octanol–water partition coefficient (Wildman–Crippen LogP) is 3.60. The van der Waals surface area contributed by atoms with Crippen LogP contribution < -0.4 is 5.43 Å². The molecule has 0 spiro atoms. The molecule has 2 atom stereocenters. The van der Waals surface area contributed by atoms with E-state index >= 15 is 0 Å². The lowest BCUT2D eigenvalue weighted by molar-refractivity contribution is 0.172. The summed E-state index contributed by atoms with van der Waals surface area (Å²) in [5.41, 5.74) is 0.717. The first-order valence-corrected chi connectivity index (χ1v) is 9.77. The van der Waals surface area contributed by atoms with Gasteiger partial charge >= 0.3 is 0 Å². The highest BCUT2D eigenvalue weighted by Crippen LogP contribution is 2.44. The molecule has 31 heavy (non-hydrogen) atoms. The van der Waals surface area contributed by atoms with Gasteiger partial charge in [0.15, 0.2) is 5.43 Å². The molecule has 1 saturated heterocycles. The number of hydrogen-bond acceptors (Lipinski definition) is 7. The highest BCUT2D eigenvalue weighted by Gasteiger charge is 2.36. The Hall–Kier alpha value is -2.76. The van der Waals surface area contributed by atoms with Crippen molar-refractivity contribution in [3.63, 3.8) is 0 Å². The fraction of sp³-hybridized carbons (Fsp3) is 0.273. The second kappa shape index (κ2) is 8.77. The minimum atomic E-state index is -0.489. The fourth-order valence-electron chi connectivity index (χ4n) is 4.21. The zero-order valence-corrected chi connectivity index (χ0v) is 18.1. The molecule has 4 rings (SSSR count). The first kappa shape index (κ1) is 22.9. The number of benzene rings is 2. The van der Waals surface area contributed by atoms with Gasteiger partial charge in [0.25, 0.3) is 0 Å². The topological polar surface area (TPSA) is 118 Å². The highest BCUT2D eigenvalue weighted by molar-refractivity contribution is 6.33. The SMILES string of the molecule is CN1CCC(c2c(O)cc(O)c3c(=O)cc(-c4ccc(C#N)cc4Cl)oc23)C1CO.Cl. The van der Waals surface area contributed by atoms with Crippen molar-refractivity contribution in [2.45, 2.75) is 18.4 Å². The molecule has 1 aliphatic heterocycles. The Kier molecular flexibility index (Phi) is 6.48. The molecular weight excluding hydrogens is 443 g/mol. The number of nitriles is 1. The Balaban J connectivity index is 0.00000272. The van der Waals surface area contributed by atoms with Crippen molar-refractivity contribution in [2.24, 2.45) is 0 Å². The standard InChI is InChI=1S/C22H19ClN2O5.ClH/c1-25-5-4-13(15(25)10-26)20-16(27)7-17(28)21-18(29)8-19(30-22(20)21)12-3-2-11(9-24)6-14(12)23;/h2-3,6-8,13,15,26-28H,4-5,10H2,1H3;1H. The molecule has 1 aliphatic rings. The summed E-state index contributed by atoms with van der Waals surface area (Å²) in [7, 11) is 1.87. The summed E-state index contributed by atoms with van der Waals surface area (Å²) in [5.74, 6) is -0.729. The van der Waals surface area contributed by atoms with Crippen LogP contribution in [0.3, 0.4) is 0 Å². The third-order valence-corrected chi connectivity index (χ3v) is 6.06. The lowest BCUT2D eigenvalue weighted by Gasteiger charge is -2.24. The van der Waals surface area contributed by atoms with Gasteiger partial charge in [-0.25, -0.2) is 0 Å². The molecule has 2 aromatic carbocycles. The van der Waals surface area contributed by atoms with Crippen LogP contribution in [-0.2, 0) is 0 Å². The van der Waals surface area contributed by atoms with Gasteiger partial charge in [-0.15, -0.1) is 12.4 Å². The maximum absolute atomic E-state index is 12.9. The lowest BCUT2D eigenvalue weighted by Crippen LogP contribution is -2.32. The molecule has 0 aliphatic carbocycles. The molecule has 162 valence electrons. The normalized spacial score (nSPS) is 18.6. The first-order valence-electron chi connectivity index (χ1n) is 9.39. The number of aliphatic hydroxyl groups is 1. The molecule has 0 saturated carbocycles. The number of likely N-dealkylation sites (N-methyl/N-ethyl adjacent to an activating group) is 1. The maximum atomic E-state index is 12.9. The molecule has 0 radical (unpaired) electrons. The van der Waals surface area contributed by atoms with E-state index in [1.165, 1.54) is 12.1 Å². The number of phenolic OH excluding ortho intramolecular Hbond substituents is 2. The van der Waals surface area contributed by atoms with Crippen molar-refractivity contribution in [3.8, 4) is 28.9 Å². The average molecular weight is 463 g/mol. The number of aliphatic hydroxyl groups excluding tert-OH is 1. The van der Waals surface area contributed by atoms with Gasteiger partial charge in [-0.05, 0) is 38.2 Å². The average Bonchev–Trinajstić information content (AvgIpc) is 3.07. The third kappa shape index (κ3) is 3.84. The molecule has 2 unspecified atom stereocenters. The molecule has 3 aromatic rings. The van der Waals surface area contributed by atoms with Crippen molar-refractivity contribution >= 4 is 35.0 Å². The second-order valence-corrected chi connectivity index (χ2v) is 7.85. The monoisotopic (exact) mass is 462 g/mol. The van der Waals surface area contributed by atoms with Gasteiger partial charge in [0, 0.05) is 35.2 Å². The van der Waals surface area contributed by atoms with Gasteiger partial charge in [-0.1, -0.05) is 11.6 Å². The van der Waals surface area contributed by atoms with Gasteiger partial charge < -0.3 is 24.6 Å². The van der Waals surface area contributed by atoms with Crippen molar-refractivity contribution in [1.29, 1.82) is 5.26 Å². The highest BCUT2D eigenvalue weighted by atomic mass is 35.5. The summed E-state index contributed by atoms with van der Waals surface area (Å²) in [6.07, 6.45) is 0.640. The minimum absolute atomic E-state index is 0. The summed E-state index contributed by atoms with van der Waals surface area (Å²) < 4.78 is 6.03. The van der Waals surface area contributed by atoms with E-state index in [-0.39, 0.29) is 64.2 Å². The summed E-state index contributed by atoms with van der Waals surface area (Å²) in [6, 6.07) is 8.68. The van der Waals surface area contributed by atoms with Crippen LogP contribution in [0.4, 0.5) is 0 Å². The number of aromatic hydroxyl groups is 2. The number of fused-ring (bicyclic) bond motifs is 1. The van der Waals surface area contributed by atoms with Gasteiger partial charge in [0.1, 0.15) is 28.2 Å². The Morgan fingerprint density at radius 3 is 2.65 bits per heavy atom. The Labute approximate surface area is 189 Å². The van der Waals surface area contributed by atoms with E-state index in [4.69, 9.17) is 21.3 Å². The number of phenols is 2. The lowest BCUT2D eigenvalue weighted by atomic mass is 9.89. The van der Waals surface area contributed by atoms with E-state index in [0.29, 0.717) is 29.7 Å². The number of hydrogen-bond donors (Lipinski definition) is 3. The smallest absolute Gasteiger partial charge is 0.197 e. The van der Waals surface area contributed by atoms with Crippen LogP contribution in [0.5, 0.6) is 11.5 Å². The Morgan fingerprint density at radius 2 is 2.00 bits per heavy atom. The van der Waals surface area contributed by atoms with Gasteiger partial charge in [-0.3, -0.25) is 4.79 Å². The van der Waals surface area contributed by atoms with Crippen molar-refractivity contribution in [3.05, 3.63) is 56.7 Å². The molecular formula is C22H20Cl2N2O5. The molecule has 1 aromatic heterocycles. The molecule has 7 nitrogen and oxygen atoms in total.